The first-order chi connectivity index (χ1) is 13.8. The maximum atomic E-state index is 13.0. The molecular formula is C21H34N4O3S. The van der Waals surface area contributed by atoms with Gasteiger partial charge in [-0.15, -0.1) is 0 Å². The normalized spacial score (nSPS) is 21.3. The molecule has 0 saturated carbocycles. The first-order valence-corrected chi connectivity index (χ1v) is 12.0. The van der Waals surface area contributed by atoms with Gasteiger partial charge in [-0.05, 0) is 37.1 Å². The van der Waals surface area contributed by atoms with E-state index in [9.17, 15) is 13.2 Å². The maximum absolute atomic E-state index is 13.0. The third-order valence-electron chi connectivity index (χ3n) is 6.25. The minimum Gasteiger partial charge on any atom is -0.339 e. The molecule has 8 heteroatoms. The lowest BCUT2D eigenvalue weighted by atomic mass is 9.99. The summed E-state index contributed by atoms with van der Waals surface area (Å²) in [6, 6.07) is 7.29. The van der Waals surface area contributed by atoms with Crippen molar-refractivity contribution in [2.75, 3.05) is 66.0 Å². The molecule has 0 aliphatic carbocycles. The molecule has 0 aromatic heterocycles. The van der Waals surface area contributed by atoms with Gasteiger partial charge in [0, 0.05) is 52.4 Å². The molecule has 2 heterocycles. The van der Waals surface area contributed by atoms with Crippen LogP contribution in [0.2, 0.25) is 0 Å². The van der Waals surface area contributed by atoms with Gasteiger partial charge in [0.25, 0.3) is 0 Å². The highest BCUT2D eigenvalue weighted by Crippen LogP contribution is 2.23. The highest BCUT2D eigenvalue weighted by Gasteiger charge is 2.30. The van der Waals surface area contributed by atoms with Crippen LogP contribution in [-0.2, 0) is 14.8 Å². The van der Waals surface area contributed by atoms with Crippen molar-refractivity contribution in [3.63, 3.8) is 0 Å². The zero-order valence-corrected chi connectivity index (χ0v) is 18.7. The maximum Gasteiger partial charge on any atom is 0.243 e. The topological polar surface area (TPSA) is 64.2 Å². The number of amides is 1. The first kappa shape index (κ1) is 22.2. The molecule has 2 aliphatic rings. The Morgan fingerprint density at radius 2 is 1.55 bits per heavy atom. The van der Waals surface area contributed by atoms with Crippen LogP contribution in [0.4, 0.5) is 0 Å². The molecule has 1 amide bonds. The number of piperazine rings is 2. The Morgan fingerprint density at radius 3 is 2.10 bits per heavy atom. The zero-order valence-electron chi connectivity index (χ0n) is 17.9. The molecule has 162 valence electrons. The van der Waals surface area contributed by atoms with E-state index in [1.54, 1.807) is 16.4 Å². The lowest BCUT2D eigenvalue weighted by Gasteiger charge is -2.36. The van der Waals surface area contributed by atoms with Gasteiger partial charge in [-0.2, -0.15) is 4.31 Å². The molecule has 1 aromatic rings. The Bertz CT molecular complexity index is 781. The van der Waals surface area contributed by atoms with E-state index >= 15 is 0 Å². The Morgan fingerprint density at radius 1 is 0.966 bits per heavy atom. The molecular weight excluding hydrogens is 388 g/mol. The van der Waals surface area contributed by atoms with E-state index in [0.717, 1.165) is 32.6 Å². The molecule has 0 N–H and O–H groups in total. The number of benzene rings is 1. The Hall–Kier alpha value is -1.48. The van der Waals surface area contributed by atoms with Gasteiger partial charge in [0.1, 0.15) is 0 Å². The Labute approximate surface area is 175 Å². The summed E-state index contributed by atoms with van der Waals surface area (Å²) in [4.78, 5) is 19.1. The van der Waals surface area contributed by atoms with E-state index in [2.05, 4.69) is 30.7 Å². The Balaban J connectivity index is 1.53. The van der Waals surface area contributed by atoms with Crippen molar-refractivity contribution in [2.24, 2.45) is 0 Å². The fourth-order valence-electron chi connectivity index (χ4n) is 3.83. The largest absolute Gasteiger partial charge is 0.339 e. The summed E-state index contributed by atoms with van der Waals surface area (Å²) in [5.41, 5.74) is 1.17. The standard InChI is InChI=1S/C21H34N4O3S/c1-4-18(2)19-5-7-20(8-6-19)29(27,28)25-15-11-23(12-16-25)17-21(26)24-13-9-22(3)10-14-24/h5-8,18H,4,9-17H2,1-3H3. The molecule has 1 atom stereocenters. The second kappa shape index (κ2) is 9.55. The van der Waals surface area contributed by atoms with Crippen molar-refractivity contribution >= 4 is 15.9 Å². The summed E-state index contributed by atoms with van der Waals surface area (Å²) in [6.07, 6.45) is 1.03. The third-order valence-corrected chi connectivity index (χ3v) is 8.16. The molecule has 1 aromatic carbocycles. The number of nitrogens with zero attached hydrogens (tertiary/aromatic N) is 4. The van der Waals surface area contributed by atoms with Gasteiger partial charge in [-0.3, -0.25) is 9.69 Å². The van der Waals surface area contributed by atoms with E-state index < -0.39 is 10.0 Å². The summed E-state index contributed by atoms with van der Waals surface area (Å²) in [5, 5.41) is 0. The average Bonchev–Trinajstić information content (AvgIpc) is 2.74. The van der Waals surface area contributed by atoms with Crippen molar-refractivity contribution in [3.05, 3.63) is 29.8 Å². The zero-order chi connectivity index (χ0) is 21.0. The minimum atomic E-state index is -3.48. The molecule has 2 aliphatic heterocycles. The van der Waals surface area contributed by atoms with E-state index in [-0.39, 0.29) is 5.91 Å². The van der Waals surface area contributed by atoms with Gasteiger partial charge in [0.2, 0.25) is 15.9 Å². The molecule has 0 spiro atoms. The molecule has 3 rings (SSSR count). The average molecular weight is 423 g/mol. The van der Waals surface area contributed by atoms with Crippen LogP contribution in [0.5, 0.6) is 0 Å². The molecule has 2 saturated heterocycles. The number of sulfonamides is 1. The van der Waals surface area contributed by atoms with Crippen LogP contribution in [0.25, 0.3) is 0 Å². The van der Waals surface area contributed by atoms with Crippen molar-refractivity contribution in [1.82, 2.24) is 19.0 Å². The predicted molar refractivity (Wildman–Crippen MR) is 114 cm³/mol. The third kappa shape index (κ3) is 5.36. The number of rotatable bonds is 6. The smallest absolute Gasteiger partial charge is 0.243 e. The lowest BCUT2D eigenvalue weighted by Crippen LogP contribution is -2.53. The highest BCUT2D eigenvalue weighted by molar-refractivity contribution is 7.89. The number of likely N-dealkylation sites (N-methyl/N-ethyl adjacent to an activating group) is 1. The number of carbonyl (C=O) groups is 1. The fourth-order valence-corrected chi connectivity index (χ4v) is 5.25. The van der Waals surface area contributed by atoms with Gasteiger partial charge in [-0.1, -0.05) is 26.0 Å². The monoisotopic (exact) mass is 422 g/mol. The van der Waals surface area contributed by atoms with Crippen molar-refractivity contribution in [3.8, 4) is 0 Å². The number of carbonyl (C=O) groups excluding carboxylic acids is 1. The number of hydrogen-bond acceptors (Lipinski definition) is 5. The van der Waals surface area contributed by atoms with Crippen LogP contribution in [0.3, 0.4) is 0 Å². The van der Waals surface area contributed by atoms with E-state index in [0.29, 0.717) is 43.5 Å². The second-order valence-electron chi connectivity index (χ2n) is 8.24. The van der Waals surface area contributed by atoms with E-state index in [1.807, 2.05) is 17.0 Å². The predicted octanol–water partition coefficient (Wildman–Crippen LogP) is 1.28. The van der Waals surface area contributed by atoms with Crippen molar-refractivity contribution in [1.29, 1.82) is 0 Å². The lowest BCUT2D eigenvalue weighted by molar-refractivity contribution is -0.134. The SMILES string of the molecule is CCC(C)c1ccc(S(=O)(=O)N2CCN(CC(=O)N3CCN(C)CC3)CC2)cc1. The molecule has 29 heavy (non-hydrogen) atoms. The summed E-state index contributed by atoms with van der Waals surface area (Å²) in [5.74, 6) is 0.572. The van der Waals surface area contributed by atoms with Crippen LogP contribution >= 0.6 is 0 Å². The van der Waals surface area contributed by atoms with Crippen LogP contribution < -0.4 is 0 Å². The van der Waals surface area contributed by atoms with Crippen molar-refractivity contribution in [2.45, 2.75) is 31.1 Å². The highest BCUT2D eigenvalue weighted by atomic mass is 32.2. The fraction of sp³-hybridized carbons (Fsp3) is 0.667. The van der Waals surface area contributed by atoms with E-state index in [1.165, 1.54) is 5.56 Å². The summed E-state index contributed by atoms with van der Waals surface area (Å²) in [7, 11) is -1.42. The van der Waals surface area contributed by atoms with Crippen LogP contribution in [-0.4, -0.2) is 99.3 Å². The summed E-state index contributed by atoms with van der Waals surface area (Å²) < 4.78 is 27.5. The van der Waals surface area contributed by atoms with Crippen LogP contribution in [0.15, 0.2) is 29.2 Å². The Kier molecular flexibility index (Phi) is 7.32. The molecule has 0 bridgehead atoms. The number of hydrogen-bond donors (Lipinski definition) is 0. The molecule has 0 radical (unpaired) electrons. The van der Waals surface area contributed by atoms with Crippen LogP contribution in [0, 0.1) is 0 Å². The molecule has 2 fully saturated rings. The minimum absolute atomic E-state index is 0.148. The van der Waals surface area contributed by atoms with E-state index in [4.69, 9.17) is 0 Å². The first-order valence-electron chi connectivity index (χ1n) is 10.6. The van der Waals surface area contributed by atoms with Crippen LogP contribution in [0.1, 0.15) is 31.7 Å². The summed E-state index contributed by atoms with van der Waals surface area (Å²) >= 11 is 0. The van der Waals surface area contributed by atoms with Gasteiger partial charge in [0.15, 0.2) is 0 Å². The van der Waals surface area contributed by atoms with Gasteiger partial charge in [0.05, 0.1) is 11.4 Å². The molecule has 1 unspecified atom stereocenters. The second-order valence-corrected chi connectivity index (χ2v) is 10.2. The van der Waals surface area contributed by atoms with Gasteiger partial charge < -0.3 is 9.80 Å². The van der Waals surface area contributed by atoms with Gasteiger partial charge in [-0.25, -0.2) is 8.42 Å². The van der Waals surface area contributed by atoms with Crippen molar-refractivity contribution < 1.29 is 13.2 Å². The quantitative estimate of drug-likeness (QED) is 0.691. The van der Waals surface area contributed by atoms with Gasteiger partial charge >= 0.3 is 0 Å². The molecule has 7 nitrogen and oxygen atoms in total. The summed E-state index contributed by atoms with van der Waals surface area (Å²) in [6.45, 7) is 10.0.